The maximum absolute atomic E-state index is 12.8. The monoisotopic (exact) mass is 404 g/mol. The molecule has 0 aromatic carbocycles. The number of fused-ring (bicyclic) bond motifs is 3. The van der Waals surface area contributed by atoms with Gasteiger partial charge in [-0.15, -0.1) is 0 Å². The molecule has 2 saturated carbocycles. The minimum Gasteiger partial charge on any atom is -0.272 e. The van der Waals surface area contributed by atoms with Gasteiger partial charge in [-0.2, -0.15) is 10.1 Å². The lowest BCUT2D eigenvalue weighted by molar-refractivity contribution is -0.144. The molecule has 3 fully saturated rings. The Hall–Kier alpha value is -1.96. The number of imide groups is 1. The van der Waals surface area contributed by atoms with Gasteiger partial charge >= 0.3 is 0 Å². The van der Waals surface area contributed by atoms with Gasteiger partial charge in [0.25, 0.3) is 17.7 Å². The standard InChI is InChI=1S/C17H17BrN4O3/c1-7-12(18)13(19-21(7)2)14(23)20-22-15(24)10-8-3-4-9(11(10)16(22)25)17(8)5-6-17/h3-4,8-11H,5-6H2,1-2H3,(H,20,23)/t8-,9-,10-,11-/m0/s1. The second-order valence-electron chi connectivity index (χ2n) is 7.55. The number of allylic oxidation sites excluding steroid dienone is 2. The Balaban J connectivity index is 1.42. The number of amides is 3. The summed E-state index contributed by atoms with van der Waals surface area (Å²) >= 11 is 3.34. The maximum Gasteiger partial charge on any atom is 0.291 e. The minimum absolute atomic E-state index is 0.143. The van der Waals surface area contributed by atoms with Crippen LogP contribution in [0.25, 0.3) is 0 Å². The molecule has 1 N–H and O–H groups in total. The molecule has 130 valence electrons. The molecule has 0 unspecified atom stereocenters. The van der Waals surface area contributed by atoms with Crippen LogP contribution >= 0.6 is 15.9 Å². The summed E-state index contributed by atoms with van der Waals surface area (Å²) in [5.74, 6) is -1.48. The predicted molar refractivity (Wildman–Crippen MR) is 89.7 cm³/mol. The van der Waals surface area contributed by atoms with Crippen molar-refractivity contribution in [3.8, 4) is 0 Å². The lowest BCUT2D eigenvalue weighted by atomic mass is 9.85. The van der Waals surface area contributed by atoms with Crippen LogP contribution in [-0.2, 0) is 16.6 Å². The summed E-state index contributed by atoms with van der Waals surface area (Å²) in [7, 11) is 1.73. The molecule has 1 aliphatic heterocycles. The molecule has 4 aliphatic rings. The fourth-order valence-electron chi connectivity index (χ4n) is 5.07. The summed E-state index contributed by atoms with van der Waals surface area (Å²) in [5.41, 5.74) is 3.59. The number of carbonyl (C=O) groups excluding carboxylic acids is 3. The summed E-state index contributed by atoms with van der Waals surface area (Å²) in [4.78, 5) is 38.2. The fraction of sp³-hybridized carbons (Fsp3) is 0.529. The van der Waals surface area contributed by atoms with Gasteiger partial charge in [-0.05, 0) is 52.9 Å². The van der Waals surface area contributed by atoms with E-state index >= 15 is 0 Å². The van der Waals surface area contributed by atoms with Crippen molar-refractivity contribution in [2.75, 3.05) is 0 Å². The van der Waals surface area contributed by atoms with Crippen molar-refractivity contribution in [1.82, 2.24) is 20.2 Å². The van der Waals surface area contributed by atoms with Gasteiger partial charge in [-0.3, -0.25) is 24.5 Å². The van der Waals surface area contributed by atoms with Gasteiger partial charge in [0, 0.05) is 7.05 Å². The number of aromatic nitrogens is 2. The third-order valence-electron chi connectivity index (χ3n) is 6.54. The second-order valence-corrected chi connectivity index (χ2v) is 8.34. The van der Waals surface area contributed by atoms with Crippen LogP contribution in [0.1, 0.15) is 29.0 Å². The molecule has 8 heteroatoms. The van der Waals surface area contributed by atoms with Crippen LogP contribution in [0.15, 0.2) is 16.6 Å². The Morgan fingerprint density at radius 3 is 2.24 bits per heavy atom. The summed E-state index contributed by atoms with van der Waals surface area (Å²) in [6.45, 7) is 1.82. The van der Waals surface area contributed by atoms with Gasteiger partial charge in [0.05, 0.1) is 22.0 Å². The quantitative estimate of drug-likeness (QED) is 0.595. The fourth-order valence-corrected chi connectivity index (χ4v) is 5.59. The number of carbonyl (C=O) groups is 3. The van der Waals surface area contributed by atoms with Crippen molar-refractivity contribution in [2.24, 2.45) is 36.1 Å². The number of aryl methyl sites for hydroxylation is 1. The SMILES string of the molecule is Cc1c(Br)c(C(=O)NN2C(=O)[C@@H]3[C@@H](C2=O)[C@@H]2C=C[C@@H]3C23CC3)nn1C. The first kappa shape index (κ1) is 15.3. The number of nitrogens with zero attached hydrogens (tertiary/aromatic N) is 3. The second kappa shape index (κ2) is 4.60. The molecular weight excluding hydrogens is 388 g/mol. The van der Waals surface area contributed by atoms with Crippen LogP contribution in [0.4, 0.5) is 0 Å². The smallest absolute Gasteiger partial charge is 0.272 e. The molecule has 1 saturated heterocycles. The first-order valence-electron chi connectivity index (χ1n) is 8.43. The van der Waals surface area contributed by atoms with E-state index in [2.05, 4.69) is 38.6 Å². The lowest BCUT2D eigenvalue weighted by Gasteiger charge is -2.21. The van der Waals surface area contributed by atoms with Crippen LogP contribution in [0, 0.1) is 36.0 Å². The van der Waals surface area contributed by atoms with E-state index in [4.69, 9.17) is 0 Å². The highest BCUT2D eigenvalue weighted by atomic mass is 79.9. The maximum atomic E-state index is 12.8. The third-order valence-corrected chi connectivity index (χ3v) is 7.49. The number of hydrogen-bond acceptors (Lipinski definition) is 4. The molecule has 1 aromatic rings. The largest absolute Gasteiger partial charge is 0.291 e. The summed E-state index contributed by atoms with van der Waals surface area (Å²) in [5, 5.41) is 5.07. The lowest BCUT2D eigenvalue weighted by Crippen LogP contribution is -2.48. The van der Waals surface area contributed by atoms with Crippen LogP contribution in [0.5, 0.6) is 0 Å². The highest BCUT2D eigenvalue weighted by molar-refractivity contribution is 9.10. The van der Waals surface area contributed by atoms with E-state index in [1.165, 1.54) is 0 Å². The Morgan fingerprint density at radius 1 is 1.24 bits per heavy atom. The average molecular weight is 405 g/mol. The minimum atomic E-state index is -0.557. The van der Waals surface area contributed by atoms with E-state index in [-0.39, 0.29) is 46.6 Å². The number of hydrazine groups is 1. The normalized spacial score (nSPS) is 33.5. The molecule has 5 rings (SSSR count). The van der Waals surface area contributed by atoms with Gasteiger partial charge in [-0.1, -0.05) is 12.2 Å². The molecule has 2 bridgehead atoms. The molecule has 2 heterocycles. The van der Waals surface area contributed by atoms with E-state index in [0.29, 0.717) is 4.47 Å². The first-order chi connectivity index (χ1) is 11.9. The highest BCUT2D eigenvalue weighted by Crippen LogP contribution is 2.73. The van der Waals surface area contributed by atoms with Crippen LogP contribution in [0.2, 0.25) is 0 Å². The van der Waals surface area contributed by atoms with E-state index in [0.717, 1.165) is 23.5 Å². The van der Waals surface area contributed by atoms with Crippen molar-refractivity contribution < 1.29 is 14.4 Å². The molecule has 3 amide bonds. The number of halogens is 1. The van der Waals surface area contributed by atoms with Crippen LogP contribution in [0.3, 0.4) is 0 Å². The average Bonchev–Trinajstić information content (AvgIpc) is 3.11. The number of nitrogens with one attached hydrogen (secondary N) is 1. The van der Waals surface area contributed by atoms with Crippen molar-refractivity contribution in [2.45, 2.75) is 19.8 Å². The van der Waals surface area contributed by atoms with E-state index < -0.39 is 5.91 Å². The highest BCUT2D eigenvalue weighted by Gasteiger charge is 2.73. The molecule has 1 aromatic heterocycles. The molecule has 4 atom stereocenters. The van der Waals surface area contributed by atoms with Crippen LogP contribution in [-0.4, -0.2) is 32.5 Å². The summed E-state index contributed by atoms with van der Waals surface area (Å²) in [6, 6.07) is 0. The van der Waals surface area contributed by atoms with E-state index in [1.807, 2.05) is 6.92 Å². The van der Waals surface area contributed by atoms with Gasteiger partial charge in [0.15, 0.2) is 5.69 Å². The van der Waals surface area contributed by atoms with Crippen molar-refractivity contribution >= 4 is 33.7 Å². The van der Waals surface area contributed by atoms with Crippen molar-refractivity contribution in [3.05, 3.63) is 28.0 Å². The Morgan fingerprint density at radius 2 is 1.80 bits per heavy atom. The van der Waals surface area contributed by atoms with Gasteiger partial charge in [0.1, 0.15) is 0 Å². The molecule has 0 radical (unpaired) electrons. The molecule has 1 spiro atoms. The molecular formula is C17H17BrN4O3. The zero-order valence-electron chi connectivity index (χ0n) is 13.8. The van der Waals surface area contributed by atoms with Crippen molar-refractivity contribution in [1.29, 1.82) is 0 Å². The predicted octanol–water partition coefficient (Wildman–Crippen LogP) is 1.33. The van der Waals surface area contributed by atoms with Gasteiger partial charge < -0.3 is 0 Å². The van der Waals surface area contributed by atoms with Gasteiger partial charge in [-0.25, -0.2) is 0 Å². The zero-order valence-corrected chi connectivity index (χ0v) is 15.4. The molecule has 25 heavy (non-hydrogen) atoms. The summed E-state index contributed by atoms with van der Waals surface area (Å²) < 4.78 is 2.13. The topological polar surface area (TPSA) is 84.3 Å². The molecule has 3 aliphatic carbocycles. The van der Waals surface area contributed by atoms with Gasteiger partial charge in [0.2, 0.25) is 0 Å². The van der Waals surface area contributed by atoms with Crippen LogP contribution < -0.4 is 5.43 Å². The first-order valence-corrected chi connectivity index (χ1v) is 9.22. The third kappa shape index (κ3) is 1.71. The van der Waals surface area contributed by atoms with E-state index in [9.17, 15) is 14.4 Å². The Labute approximate surface area is 152 Å². The number of hydrogen-bond donors (Lipinski definition) is 1. The van der Waals surface area contributed by atoms with Crippen molar-refractivity contribution in [3.63, 3.8) is 0 Å². The summed E-state index contributed by atoms with van der Waals surface area (Å²) in [6.07, 6.45) is 6.40. The molecule has 7 nitrogen and oxygen atoms in total. The Bertz CT molecular complexity index is 851. The van der Waals surface area contributed by atoms with E-state index in [1.54, 1.807) is 11.7 Å². The zero-order chi connectivity index (χ0) is 17.7. The Kier molecular flexibility index (Phi) is 2.82. The number of rotatable bonds is 2.